The Bertz CT molecular complexity index is 920. The van der Waals surface area contributed by atoms with E-state index in [2.05, 4.69) is 19.7 Å². The Morgan fingerprint density at radius 1 is 1.29 bits per heavy atom. The molecule has 0 saturated carbocycles. The van der Waals surface area contributed by atoms with Gasteiger partial charge in [-0.15, -0.1) is 10.2 Å². The molecule has 0 radical (unpaired) electrons. The summed E-state index contributed by atoms with van der Waals surface area (Å²) >= 11 is 0. The van der Waals surface area contributed by atoms with E-state index in [0.29, 0.717) is 18.7 Å². The molecule has 0 N–H and O–H groups in total. The number of imidazole rings is 1. The quantitative estimate of drug-likeness (QED) is 0.655. The lowest BCUT2D eigenvalue weighted by molar-refractivity contribution is 0.0702. The van der Waals surface area contributed by atoms with Gasteiger partial charge in [0, 0.05) is 56.3 Å². The monoisotopic (exact) mass is 380 g/mol. The molecule has 0 aliphatic carbocycles. The SMILES string of the molecule is COCCn1ccnc1C1CCCN(C(=O)c2cccc(-n3cnnc3)c2)C1. The number of hydrogen-bond donors (Lipinski definition) is 0. The van der Waals surface area contributed by atoms with E-state index in [9.17, 15) is 4.79 Å². The molecule has 4 rings (SSSR count). The Labute approximate surface area is 163 Å². The van der Waals surface area contributed by atoms with Crippen LogP contribution in [0.4, 0.5) is 0 Å². The van der Waals surface area contributed by atoms with Crippen LogP contribution in [0.25, 0.3) is 5.69 Å². The van der Waals surface area contributed by atoms with Crippen molar-refractivity contribution < 1.29 is 9.53 Å². The van der Waals surface area contributed by atoms with Gasteiger partial charge in [-0.1, -0.05) is 6.07 Å². The van der Waals surface area contributed by atoms with Crippen LogP contribution >= 0.6 is 0 Å². The van der Waals surface area contributed by atoms with Crippen LogP contribution in [0.1, 0.15) is 34.9 Å². The zero-order valence-electron chi connectivity index (χ0n) is 15.9. The van der Waals surface area contributed by atoms with Crippen molar-refractivity contribution in [2.75, 3.05) is 26.8 Å². The summed E-state index contributed by atoms with van der Waals surface area (Å²) < 4.78 is 9.12. The first kappa shape index (κ1) is 18.4. The Morgan fingerprint density at radius 2 is 2.14 bits per heavy atom. The first-order valence-corrected chi connectivity index (χ1v) is 9.50. The highest BCUT2D eigenvalue weighted by Crippen LogP contribution is 2.27. The molecule has 2 aromatic heterocycles. The lowest BCUT2D eigenvalue weighted by Gasteiger charge is -2.33. The van der Waals surface area contributed by atoms with Crippen LogP contribution in [0.2, 0.25) is 0 Å². The van der Waals surface area contributed by atoms with Crippen LogP contribution in [-0.4, -0.2) is 61.9 Å². The molecule has 1 atom stereocenters. The first-order valence-electron chi connectivity index (χ1n) is 9.50. The molecule has 1 aliphatic rings. The van der Waals surface area contributed by atoms with Gasteiger partial charge in [0.25, 0.3) is 5.91 Å². The summed E-state index contributed by atoms with van der Waals surface area (Å²) in [4.78, 5) is 19.6. The Kier molecular flexibility index (Phi) is 5.48. The number of amides is 1. The van der Waals surface area contributed by atoms with E-state index in [0.717, 1.165) is 37.4 Å². The van der Waals surface area contributed by atoms with E-state index in [1.54, 1.807) is 24.3 Å². The van der Waals surface area contributed by atoms with Crippen molar-refractivity contribution >= 4 is 5.91 Å². The van der Waals surface area contributed by atoms with E-state index in [4.69, 9.17) is 4.74 Å². The summed E-state index contributed by atoms with van der Waals surface area (Å²) in [5.41, 5.74) is 1.55. The second-order valence-corrected chi connectivity index (χ2v) is 6.98. The molecule has 28 heavy (non-hydrogen) atoms. The van der Waals surface area contributed by atoms with Gasteiger partial charge in [0.15, 0.2) is 0 Å². The predicted octanol–water partition coefficient (Wildman–Crippen LogP) is 2.13. The molecule has 1 aromatic carbocycles. The molecule has 1 fully saturated rings. The van der Waals surface area contributed by atoms with Gasteiger partial charge in [-0.05, 0) is 31.0 Å². The van der Waals surface area contributed by atoms with Crippen LogP contribution in [-0.2, 0) is 11.3 Å². The molecular formula is C20H24N6O2. The largest absolute Gasteiger partial charge is 0.383 e. The number of piperidine rings is 1. The number of benzene rings is 1. The minimum absolute atomic E-state index is 0.0506. The average molecular weight is 380 g/mol. The molecular weight excluding hydrogens is 356 g/mol. The number of carbonyl (C=O) groups excluding carboxylic acids is 1. The fourth-order valence-electron chi connectivity index (χ4n) is 3.75. The van der Waals surface area contributed by atoms with Crippen molar-refractivity contribution in [3.63, 3.8) is 0 Å². The van der Waals surface area contributed by atoms with Crippen molar-refractivity contribution in [3.8, 4) is 5.69 Å². The topological polar surface area (TPSA) is 78.1 Å². The maximum absolute atomic E-state index is 13.1. The molecule has 1 saturated heterocycles. The molecule has 0 spiro atoms. The van der Waals surface area contributed by atoms with Crippen molar-refractivity contribution in [1.82, 2.24) is 29.2 Å². The predicted molar refractivity (Wildman–Crippen MR) is 103 cm³/mol. The summed E-state index contributed by atoms with van der Waals surface area (Å²) in [6, 6.07) is 7.57. The highest BCUT2D eigenvalue weighted by molar-refractivity contribution is 5.94. The summed E-state index contributed by atoms with van der Waals surface area (Å²) in [5, 5.41) is 7.66. The van der Waals surface area contributed by atoms with Crippen molar-refractivity contribution in [1.29, 1.82) is 0 Å². The van der Waals surface area contributed by atoms with Crippen LogP contribution in [0.5, 0.6) is 0 Å². The van der Waals surface area contributed by atoms with Gasteiger partial charge in [-0.2, -0.15) is 0 Å². The molecule has 146 valence electrons. The lowest BCUT2D eigenvalue weighted by Crippen LogP contribution is -2.39. The second kappa shape index (κ2) is 8.35. The van der Waals surface area contributed by atoms with Gasteiger partial charge >= 0.3 is 0 Å². The summed E-state index contributed by atoms with van der Waals surface area (Å²) in [6.45, 7) is 2.87. The van der Waals surface area contributed by atoms with Crippen molar-refractivity contribution in [2.24, 2.45) is 0 Å². The summed E-state index contributed by atoms with van der Waals surface area (Å²) in [6.07, 6.45) is 9.07. The van der Waals surface area contributed by atoms with Gasteiger partial charge in [0.2, 0.25) is 0 Å². The number of rotatable bonds is 6. The fraction of sp³-hybridized carbons (Fsp3) is 0.400. The van der Waals surface area contributed by atoms with Gasteiger partial charge in [-0.25, -0.2) is 4.98 Å². The van der Waals surface area contributed by atoms with E-state index in [1.165, 1.54) is 0 Å². The van der Waals surface area contributed by atoms with Crippen LogP contribution in [0.15, 0.2) is 49.3 Å². The third kappa shape index (κ3) is 3.82. The van der Waals surface area contributed by atoms with E-state index in [-0.39, 0.29) is 11.8 Å². The fourth-order valence-corrected chi connectivity index (χ4v) is 3.75. The summed E-state index contributed by atoms with van der Waals surface area (Å²) in [5.74, 6) is 1.33. The molecule has 8 nitrogen and oxygen atoms in total. The average Bonchev–Trinajstić information content (AvgIpc) is 3.44. The van der Waals surface area contributed by atoms with E-state index < -0.39 is 0 Å². The number of carbonyl (C=O) groups is 1. The third-order valence-electron chi connectivity index (χ3n) is 5.17. The minimum atomic E-state index is 0.0506. The second-order valence-electron chi connectivity index (χ2n) is 6.98. The number of nitrogens with zero attached hydrogens (tertiary/aromatic N) is 6. The molecule has 3 aromatic rings. The Hall–Kier alpha value is -3.00. The van der Waals surface area contributed by atoms with E-state index in [1.807, 2.05) is 41.6 Å². The van der Waals surface area contributed by atoms with Crippen LogP contribution in [0.3, 0.4) is 0 Å². The van der Waals surface area contributed by atoms with E-state index >= 15 is 0 Å². The first-order chi connectivity index (χ1) is 13.8. The standard InChI is InChI=1S/C20H24N6O2/c1-28-11-10-24-9-7-21-19(24)17-5-3-8-25(13-17)20(27)16-4-2-6-18(12-16)26-14-22-23-15-26/h2,4,6-7,9,12,14-15,17H,3,5,8,10-11,13H2,1H3. The molecule has 3 heterocycles. The van der Waals surface area contributed by atoms with Crippen LogP contribution in [0, 0.1) is 0 Å². The molecule has 1 aliphatic heterocycles. The van der Waals surface area contributed by atoms with Crippen molar-refractivity contribution in [2.45, 2.75) is 25.3 Å². The molecule has 0 bridgehead atoms. The lowest BCUT2D eigenvalue weighted by atomic mass is 9.96. The van der Waals surface area contributed by atoms with Gasteiger partial charge in [0.05, 0.1) is 6.61 Å². The molecule has 8 heteroatoms. The smallest absolute Gasteiger partial charge is 0.253 e. The van der Waals surface area contributed by atoms with Gasteiger partial charge in [0.1, 0.15) is 18.5 Å². The third-order valence-corrected chi connectivity index (χ3v) is 5.17. The number of methoxy groups -OCH3 is 1. The maximum Gasteiger partial charge on any atom is 0.253 e. The van der Waals surface area contributed by atoms with Crippen molar-refractivity contribution in [3.05, 3.63) is 60.7 Å². The number of aromatic nitrogens is 5. The summed E-state index contributed by atoms with van der Waals surface area (Å²) in [7, 11) is 1.70. The molecule has 1 unspecified atom stereocenters. The normalized spacial score (nSPS) is 17.0. The zero-order chi connectivity index (χ0) is 19.3. The van der Waals surface area contributed by atoms with Gasteiger partial charge in [-0.3, -0.25) is 9.36 Å². The highest BCUT2D eigenvalue weighted by atomic mass is 16.5. The number of ether oxygens (including phenoxy) is 1. The molecule has 1 amide bonds. The Morgan fingerprint density at radius 3 is 2.96 bits per heavy atom. The Balaban J connectivity index is 1.50. The van der Waals surface area contributed by atoms with Gasteiger partial charge < -0.3 is 14.2 Å². The highest BCUT2D eigenvalue weighted by Gasteiger charge is 2.28. The zero-order valence-corrected chi connectivity index (χ0v) is 15.9. The number of hydrogen-bond acceptors (Lipinski definition) is 5. The number of likely N-dealkylation sites (tertiary alicyclic amines) is 1. The maximum atomic E-state index is 13.1. The van der Waals surface area contributed by atoms with Crippen LogP contribution < -0.4 is 0 Å². The minimum Gasteiger partial charge on any atom is -0.383 e.